The van der Waals surface area contributed by atoms with Gasteiger partial charge in [0.15, 0.2) is 0 Å². The predicted molar refractivity (Wildman–Crippen MR) is 181 cm³/mol. The van der Waals surface area contributed by atoms with Crippen LogP contribution >= 0.6 is 10.3 Å². The second-order valence-electron chi connectivity index (χ2n) is 14.1. The molecular formula is C36H41F9O5S2. The number of ether oxygens (including phenoxy) is 2. The zero-order valence-electron chi connectivity index (χ0n) is 29.7. The molecule has 0 N–H and O–H groups in total. The van der Waals surface area contributed by atoms with Gasteiger partial charge in [0, 0.05) is 14.7 Å². The Hall–Kier alpha value is -3.37. The molecule has 0 saturated heterocycles. The summed E-state index contributed by atoms with van der Waals surface area (Å²) in [6.07, 6.45) is -6.08. The number of benzene rings is 3. The fraction of sp³-hybridized carbons (Fsp3) is 0.444. The van der Waals surface area contributed by atoms with Gasteiger partial charge in [0.2, 0.25) is 0 Å². The molecule has 0 aliphatic rings. The summed E-state index contributed by atoms with van der Waals surface area (Å²) in [4.78, 5) is -0.559. The Bertz CT molecular complexity index is 1760. The first kappa shape index (κ1) is 43.0. The van der Waals surface area contributed by atoms with Crippen LogP contribution in [-0.4, -0.2) is 44.9 Å². The molecule has 0 aliphatic heterocycles. The zero-order valence-corrected chi connectivity index (χ0v) is 31.4. The third-order valence-corrected chi connectivity index (χ3v) is 13.2. The van der Waals surface area contributed by atoms with E-state index in [0.717, 1.165) is 0 Å². The highest BCUT2D eigenvalue weighted by molar-refractivity contribution is 8.33. The molecule has 290 valence electrons. The topological polar surface area (TPSA) is 61.8 Å². The van der Waals surface area contributed by atoms with E-state index in [9.17, 15) is 39.2 Å². The third kappa shape index (κ3) is 7.93. The van der Waals surface area contributed by atoms with Crippen molar-refractivity contribution in [2.24, 2.45) is 0 Å². The lowest BCUT2D eigenvalue weighted by atomic mass is 9.87. The summed E-state index contributed by atoms with van der Waals surface area (Å²) < 4.78 is 171. The number of alkyl halides is 9. The molecule has 0 heterocycles. The van der Waals surface area contributed by atoms with E-state index in [1.54, 1.807) is 0 Å². The van der Waals surface area contributed by atoms with Gasteiger partial charge in [0.1, 0.15) is 19.0 Å². The molecule has 3 rings (SSSR count). The van der Waals surface area contributed by atoms with Gasteiger partial charge in [-0.15, -0.1) is 0 Å². The summed E-state index contributed by atoms with van der Waals surface area (Å²) in [6.45, 7) is 17.5. The largest absolute Gasteiger partial charge is 0.498 e. The predicted octanol–water partition coefficient (Wildman–Crippen LogP) is 11.4. The summed E-state index contributed by atoms with van der Waals surface area (Å²) in [7, 11) is -11.6. The summed E-state index contributed by atoms with van der Waals surface area (Å²) in [5.41, 5.74) is 0.884. The maximum atomic E-state index is 15.5. The van der Waals surface area contributed by atoms with Crippen molar-refractivity contribution in [1.29, 1.82) is 0 Å². The van der Waals surface area contributed by atoms with Crippen molar-refractivity contribution in [2.45, 2.75) is 104 Å². The molecule has 0 atom stereocenters. The lowest BCUT2D eigenvalue weighted by Gasteiger charge is -2.42. The van der Waals surface area contributed by atoms with Crippen LogP contribution < -0.4 is 4.74 Å². The van der Waals surface area contributed by atoms with Crippen molar-refractivity contribution in [3.8, 4) is 5.75 Å². The van der Waals surface area contributed by atoms with Crippen molar-refractivity contribution in [3.63, 3.8) is 0 Å². The Morgan fingerprint density at radius 3 is 1.38 bits per heavy atom. The lowest BCUT2D eigenvalue weighted by molar-refractivity contribution is -0.382. The van der Waals surface area contributed by atoms with Crippen molar-refractivity contribution >= 4 is 20.4 Å². The van der Waals surface area contributed by atoms with Gasteiger partial charge in [-0.25, -0.2) is 3.63 Å². The minimum Gasteiger partial charge on any atom is -0.498 e. The summed E-state index contributed by atoms with van der Waals surface area (Å²) in [5.74, 6) is -14.7. The van der Waals surface area contributed by atoms with E-state index >= 15 is 8.78 Å². The molecule has 0 fully saturated rings. The van der Waals surface area contributed by atoms with Crippen molar-refractivity contribution in [3.05, 3.63) is 95.8 Å². The van der Waals surface area contributed by atoms with Crippen LogP contribution in [0.5, 0.6) is 5.75 Å². The van der Waals surface area contributed by atoms with Gasteiger partial charge in [0.25, 0.3) is 0 Å². The van der Waals surface area contributed by atoms with Crippen LogP contribution in [0.4, 0.5) is 39.5 Å². The zero-order chi connectivity index (χ0) is 39.9. The van der Waals surface area contributed by atoms with Gasteiger partial charge < -0.3 is 9.47 Å². The molecule has 5 nitrogen and oxygen atoms in total. The second kappa shape index (κ2) is 14.5. The van der Waals surface area contributed by atoms with Gasteiger partial charge in [-0.1, -0.05) is 72.4 Å². The maximum Gasteiger partial charge on any atom is 0.460 e. The molecule has 3 aromatic carbocycles. The van der Waals surface area contributed by atoms with Gasteiger partial charge in [-0.3, -0.25) is 0 Å². The maximum absolute atomic E-state index is 15.5. The minimum atomic E-state index is -7.51. The van der Waals surface area contributed by atoms with Gasteiger partial charge in [-0.2, -0.15) is 47.9 Å². The highest BCUT2D eigenvalue weighted by Crippen LogP contribution is 2.72. The van der Waals surface area contributed by atoms with Gasteiger partial charge in [-0.05, 0) is 93.6 Å². The quantitative estimate of drug-likeness (QED) is 0.0981. The molecule has 0 amide bonds. The number of hydrogen-bond acceptors (Lipinski definition) is 5. The van der Waals surface area contributed by atoms with Crippen LogP contribution in [0.2, 0.25) is 0 Å². The van der Waals surface area contributed by atoms with E-state index in [4.69, 9.17) is 13.1 Å². The fourth-order valence-electron chi connectivity index (χ4n) is 5.09. The molecule has 0 unspecified atom stereocenters. The van der Waals surface area contributed by atoms with Crippen LogP contribution in [0.15, 0.2) is 88.2 Å². The molecule has 0 radical (unpaired) electrons. The van der Waals surface area contributed by atoms with E-state index in [2.05, 4.69) is 6.58 Å². The second-order valence-corrected chi connectivity index (χ2v) is 18.6. The molecule has 0 aliphatic carbocycles. The summed E-state index contributed by atoms with van der Waals surface area (Å²) in [5, 5.41) is -7.10. The molecule has 0 bridgehead atoms. The van der Waals surface area contributed by atoms with E-state index in [1.165, 1.54) is 80.8 Å². The monoisotopic (exact) mass is 788 g/mol. The molecular weight excluding hydrogens is 748 g/mol. The average Bonchev–Trinajstić information content (AvgIpc) is 3.01. The van der Waals surface area contributed by atoms with Crippen LogP contribution in [0, 0.1) is 13.8 Å². The third-order valence-electron chi connectivity index (χ3n) is 8.06. The first-order chi connectivity index (χ1) is 23.5. The summed E-state index contributed by atoms with van der Waals surface area (Å²) in [6, 6.07) is 13.9. The Labute approximate surface area is 299 Å². The molecule has 16 heteroatoms. The number of hydrogen-bond donors (Lipinski definition) is 0. The fourth-order valence-corrected chi connectivity index (χ4v) is 10.4. The smallest absolute Gasteiger partial charge is 0.460 e. The van der Waals surface area contributed by atoms with E-state index in [-0.39, 0.29) is 44.8 Å². The van der Waals surface area contributed by atoms with Crippen molar-refractivity contribution < 1.29 is 61.0 Å². The minimum absolute atomic E-state index is 0.00712. The Morgan fingerprint density at radius 1 is 0.635 bits per heavy atom. The van der Waals surface area contributed by atoms with Gasteiger partial charge in [0.05, 0.1) is 6.26 Å². The molecule has 0 spiro atoms. The number of aryl methyl sites for hydroxylation is 2. The highest BCUT2D eigenvalue weighted by Gasteiger charge is 2.86. The number of halogens is 9. The summed E-state index contributed by atoms with van der Waals surface area (Å²) >= 11 is 0. The van der Waals surface area contributed by atoms with Gasteiger partial charge >= 0.3 is 33.4 Å². The van der Waals surface area contributed by atoms with Crippen LogP contribution in [0.3, 0.4) is 0 Å². The van der Waals surface area contributed by atoms with Crippen molar-refractivity contribution in [1.82, 2.24) is 0 Å². The van der Waals surface area contributed by atoms with Crippen LogP contribution in [0.25, 0.3) is 0 Å². The Kier molecular flexibility index (Phi) is 12.0. The highest BCUT2D eigenvalue weighted by atomic mass is 32.3. The lowest BCUT2D eigenvalue weighted by Crippen LogP contribution is -2.63. The van der Waals surface area contributed by atoms with E-state index < -0.39 is 54.5 Å². The normalized spacial score (nSPS) is 14.2. The van der Waals surface area contributed by atoms with E-state index in [0.29, 0.717) is 11.1 Å². The standard InChI is InChI=1S/C36H41F9O5S2/c1-10-48-19-20-49-30-23(2)21-29(22-24(30)3)51(27-15-11-25(12-16-27)31(4,5)6,28-17-13-26(14-18-28)32(7,8)9)50-52(46,47)36(44,45)34(39,40)33(37,38)35(41,42)43/h10-18,21-22H,1,19-20H2,2-9H3. The molecule has 52 heavy (non-hydrogen) atoms. The van der Waals surface area contributed by atoms with E-state index in [1.807, 2.05) is 41.5 Å². The number of rotatable bonds is 13. The van der Waals surface area contributed by atoms with Crippen LogP contribution in [-0.2, 0) is 29.3 Å². The Morgan fingerprint density at radius 2 is 1.04 bits per heavy atom. The first-order valence-corrected chi connectivity index (χ1v) is 18.6. The SMILES string of the molecule is C=COCCOc1c(C)cc(S(OS(=O)(=O)C(F)(F)C(F)(F)C(F)(F)C(F)(F)F)(c2ccc(C(C)(C)C)cc2)c2ccc(C(C)(C)C)cc2)cc1C. The van der Waals surface area contributed by atoms with Crippen LogP contribution in [0.1, 0.15) is 63.8 Å². The van der Waals surface area contributed by atoms with Crippen molar-refractivity contribution in [2.75, 3.05) is 13.2 Å². The first-order valence-electron chi connectivity index (χ1n) is 15.7. The molecule has 3 aromatic rings. The average molecular weight is 789 g/mol. The molecule has 0 aromatic heterocycles. The Balaban J connectivity index is 2.51. The molecule has 0 saturated carbocycles.